The molecule has 124 valence electrons. The van der Waals surface area contributed by atoms with Crippen LogP contribution in [-0.2, 0) is 0 Å². The van der Waals surface area contributed by atoms with E-state index in [4.69, 9.17) is 0 Å². The quantitative estimate of drug-likeness (QED) is 0.258. The number of rotatable bonds is 0. The molecule has 0 saturated heterocycles. The fraction of sp³-hybridized carbons (Fsp3) is 0. The van der Waals surface area contributed by atoms with Gasteiger partial charge in [-0.05, 0) is 39.7 Å². The van der Waals surface area contributed by atoms with Gasteiger partial charge in [0.25, 0.3) is 0 Å². The Morgan fingerprint density at radius 2 is 1.07 bits per heavy atom. The molecule has 1 nitrogen and oxygen atoms in total. The van der Waals surface area contributed by atoms with Crippen molar-refractivity contribution in [2.24, 2.45) is 0 Å². The van der Waals surface area contributed by atoms with E-state index >= 15 is 0 Å². The van der Waals surface area contributed by atoms with Gasteiger partial charge in [0, 0.05) is 21.5 Å². The molecule has 2 heterocycles. The van der Waals surface area contributed by atoms with Gasteiger partial charge in [-0.1, -0.05) is 72.8 Å². The van der Waals surface area contributed by atoms with Gasteiger partial charge in [-0.2, -0.15) is 0 Å². The van der Waals surface area contributed by atoms with E-state index in [9.17, 15) is 0 Å². The Bertz CT molecular complexity index is 1670. The van der Waals surface area contributed by atoms with Crippen molar-refractivity contribution in [1.29, 1.82) is 0 Å². The summed E-state index contributed by atoms with van der Waals surface area (Å²) in [6, 6.07) is 33.2. The number of aromatic nitrogens is 1. The van der Waals surface area contributed by atoms with Crippen molar-refractivity contribution >= 4 is 59.6 Å². The third-order valence-corrected chi connectivity index (χ3v) is 6.08. The highest BCUT2D eigenvalue weighted by atomic mass is 14.9. The van der Waals surface area contributed by atoms with E-state index in [2.05, 4.69) is 95.4 Å². The first-order valence-corrected chi connectivity index (χ1v) is 9.39. The molecule has 5 aromatic carbocycles. The molecule has 0 bridgehead atoms. The fourth-order valence-electron chi connectivity index (χ4n) is 5.01. The van der Waals surface area contributed by atoms with Crippen LogP contribution in [0.3, 0.4) is 0 Å². The third-order valence-electron chi connectivity index (χ3n) is 6.08. The van der Waals surface area contributed by atoms with E-state index in [0.717, 1.165) is 0 Å². The van der Waals surface area contributed by atoms with Crippen LogP contribution < -0.4 is 0 Å². The fourth-order valence-corrected chi connectivity index (χ4v) is 5.01. The maximum Gasteiger partial charge on any atom is 0.0627 e. The maximum absolute atomic E-state index is 2.45. The first-order chi connectivity index (χ1) is 13.4. The van der Waals surface area contributed by atoms with Crippen LogP contribution in [-0.4, -0.2) is 4.40 Å². The summed E-state index contributed by atoms with van der Waals surface area (Å²) >= 11 is 0. The van der Waals surface area contributed by atoms with E-state index in [0.29, 0.717) is 0 Å². The highest BCUT2D eigenvalue weighted by Crippen LogP contribution is 2.44. The van der Waals surface area contributed by atoms with E-state index in [1.807, 2.05) is 0 Å². The average molecular weight is 341 g/mol. The zero-order chi connectivity index (χ0) is 17.5. The molecule has 0 unspecified atom stereocenters. The van der Waals surface area contributed by atoms with Crippen molar-refractivity contribution in [2.45, 2.75) is 0 Å². The van der Waals surface area contributed by atoms with Crippen LogP contribution in [0.4, 0.5) is 0 Å². The van der Waals surface area contributed by atoms with Crippen molar-refractivity contribution in [3.05, 3.63) is 91.0 Å². The molecule has 0 atom stereocenters. The predicted octanol–water partition coefficient (Wildman–Crippen LogP) is 7.14. The summed E-state index contributed by atoms with van der Waals surface area (Å²) in [5, 5.41) is 10.7. The average Bonchev–Trinajstić information content (AvgIpc) is 3.24. The number of para-hydroxylation sites is 2. The van der Waals surface area contributed by atoms with Crippen molar-refractivity contribution in [1.82, 2.24) is 4.40 Å². The van der Waals surface area contributed by atoms with Crippen molar-refractivity contribution in [2.75, 3.05) is 0 Å². The molecule has 0 aliphatic carbocycles. The lowest BCUT2D eigenvalue weighted by atomic mass is 9.95. The van der Waals surface area contributed by atoms with Crippen LogP contribution >= 0.6 is 0 Å². The number of fused-ring (bicyclic) bond motifs is 10. The number of benzene rings is 5. The number of nitrogens with zero attached hydrogens (tertiary/aromatic N) is 1. The third kappa shape index (κ3) is 1.52. The summed E-state index contributed by atoms with van der Waals surface area (Å²) in [6.45, 7) is 0. The van der Waals surface area contributed by atoms with Gasteiger partial charge < -0.3 is 4.40 Å². The zero-order valence-electron chi connectivity index (χ0n) is 14.6. The molecular weight excluding hydrogens is 326 g/mol. The second kappa shape index (κ2) is 4.57. The lowest BCUT2D eigenvalue weighted by Crippen LogP contribution is -1.80. The second-order valence-corrected chi connectivity index (χ2v) is 7.40. The zero-order valence-corrected chi connectivity index (χ0v) is 14.6. The SMILES string of the molecule is c1ccc2c(c1)ccc1cc3c4ccccc4n4c5ccccc5c(c12)c34. The Balaban J connectivity index is 1.97. The van der Waals surface area contributed by atoms with Gasteiger partial charge in [0.15, 0.2) is 0 Å². The Hall–Kier alpha value is -3.58. The molecule has 0 saturated carbocycles. The highest BCUT2D eigenvalue weighted by molar-refractivity contribution is 6.35. The van der Waals surface area contributed by atoms with Crippen LogP contribution in [0.2, 0.25) is 0 Å². The molecule has 0 spiro atoms. The predicted molar refractivity (Wildman–Crippen MR) is 116 cm³/mol. The van der Waals surface area contributed by atoms with Gasteiger partial charge >= 0.3 is 0 Å². The molecule has 0 aliphatic rings. The summed E-state index contributed by atoms with van der Waals surface area (Å²) in [6.07, 6.45) is 0. The molecule has 0 N–H and O–H groups in total. The molecule has 1 heteroatoms. The summed E-state index contributed by atoms with van der Waals surface area (Å²) in [7, 11) is 0. The van der Waals surface area contributed by atoms with Crippen molar-refractivity contribution in [3.8, 4) is 0 Å². The molecule has 7 rings (SSSR count). The van der Waals surface area contributed by atoms with E-state index < -0.39 is 0 Å². The Morgan fingerprint density at radius 1 is 0.444 bits per heavy atom. The molecule has 0 fully saturated rings. The van der Waals surface area contributed by atoms with Crippen LogP contribution in [0, 0.1) is 0 Å². The van der Waals surface area contributed by atoms with Crippen LogP contribution in [0.1, 0.15) is 0 Å². The van der Waals surface area contributed by atoms with E-state index in [1.165, 1.54) is 59.6 Å². The summed E-state index contributed by atoms with van der Waals surface area (Å²) in [5.41, 5.74) is 3.93. The smallest absolute Gasteiger partial charge is 0.0627 e. The topological polar surface area (TPSA) is 4.41 Å². The highest BCUT2D eigenvalue weighted by Gasteiger charge is 2.20. The maximum atomic E-state index is 2.45. The first kappa shape index (κ1) is 13.6. The normalized spacial score (nSPS) is 12.4. The van der Waals surface area contributed by atoms with Gasteiger partial charge in [-0.15, -0.1) is 0 Å². The number of hydrogen-bond acceptors (Lipinski definition) is 0. The molecule has 0 radical (unpaired) electrons. The van der Waals surface area contributed by atoms with Gasteiger partial charge in [-0.25, -0.2) is 0 Å². The number of hydrogen-bond donors (Lipinski definition) is 0. The molecule has 27 heavy (non-hydrogen) atoms. The molecule has 2 aromatic heterocycles. The lowest BCUT2D eigenvalue weighted by Gasteiger charge is -2.07. The molecular formula is C26H15N. The first-order valence-electron chi connectivity index (χ1n) is 9.39. The summed E-state index contributed by atoms with van der Waals surface area (Å²) < 4.78 is 2.45. The minimum Gasteiger partial charge on any atom is -0.308 e. The second-order valence-electron chi connectivity index (χ2n) is 7.40. The summed E-state index contributed by atoms with van der Waals surface area (Å²) in [5.74, 6) is 0. The van der Waals surface area contributed by atoms with Gasteiger partial charge in [0.05, 0.1) is 16.6 Å². The standard InChI is InChI=1S/C26H15N/c1-2-8-18-16(7-1)13-14-17-15-21-19-9-3-5-11-22(19)27-23-12-6-4-10-20(23)25(24(17)18)26(21)27/h1-15H. The molecule has 0 amide bonds. The van der Waals surface area contributed by atoms with Gasteiger partial charge in [0.2, 0.25) is 0 Å². The summed E-state index contributed by atoms with van der Waals surface area (Å²) in [4.78, 5) is 0. The minimum atomic E-state index is 1.29. The minimum absolute atomic E-state index is 1.29. The van der Waals surface area contributed by atoms with Crippen molar-refractivity contribution < 1.29 is 0 Å². The van der Waals surface area contributed by atoms with Crippen LogP contribution in [0.15, 0.2) is 91.0 Å². The van der Waals surface area contributed by atoms with Gasteiger partial charge in [-0.3, -0.25) is 0 Å². The Morgan fingerprint density at radius 3 is 1.93 bits per heavy atom. The van der Waals surface area contributed by atoms with E-state index in [1.54, 1.807) is 0 Å². The van der Waals surface area contributed by atoms with E-state index in [-0.39, 0.29) is 0 Å². The molecule has 0 aliphatic heterocycles. The van der Waals surface area contributed by atoms with Gasteiger partial charge in [0.1, 0.15) is 0 Å². The molecule has 7 aromatic rings. The Kier molecular flexibility index (Phi) is 2.30. The monoisotopic (exact) mass is 341 g/mol. The van der Waals surface area contributed by atoms with Crippen LogP contribution in [0.25, 0.3) is 59.6 Å². The largest absolute Gasteiger partial charge is 0.308 e. The Labute approximate surface area is 155 Å². The van der Waals surface area contributed by atoms with Crippen molar-refractivity contribution in [3.63, 3.8) is 0 Å². The lowest BCUT2D eigenvalue weighted by molar-refractivity contribution is 1.37. The van der Waals surface area contributed by atoms with Crippen LogP contribution in [0.5, 0.6) is 0 Å².